The molecule has 1 aromatic carbocycles. The summed E-state index contributed by atoms with van der Waals surface area (Å²) in [5, 5.41) is 1.60. The van der Waals surface area contributed by atoms with E-state index in [4.69, 9.17) is 11.6 Å². The van der Waals surface area contributed by atoms with E-state index >= 15 is 0 Å². The van der Waals surface area contributed by atoms with Gasteiger partial charge in [-0.15, -0.1) is 0 Å². The first kappa shape index (κ1) is 18.8. The van der Waals surface area contributed by atoms with Crippen LogP contribution in [0.25, 0.3) is 0 Å². The second-order valence-corrected chi connectivity index (χ2v) is 8.28. The van der Waals surface area contributed by atoms with E-state index in [1.807, 2.05) is 12.1 Å². The monoisotopic (exact) mass is 413 g/mol. The summed E-state index contributed by atoms with van der Waals surface area (Å²) < 4.78 is 31.1. The molecule has 2 aromatic rings. The van der Waals surface area contributed by atoms with Crippen LogP contribution in [-0.2, 0) is 6.42 Å². The van der Waals surface area contributed by atoms with Gasteiger partial charge in [0, 0.05) is 62.2 Å². The van der Waals surface area contributed by atoms with Crippen molar-refractivity contribution in [3.8, 4) is 0 Å². The van der Waals surface area contributed by atoms with Crippen LogP contribution in [0.2, 0.25) is 5.02 Å². The van der Waals surface area contributed by atoms with E-state index in [0.29, 0.717) is 12.5 Å². The van der Waals surface area contributed by atoms with E-state index in [2.05, 4.69) is 31.3 Å². The maximum absolute atomic E-state index is 13.4. The standard InChI is InChI=1S/C18H22ClF2N5S/c19-15-3-1-14(2-4-15)5-7-24-9-11-25(12-10-24)17-22-16(23-27-17)26-8-6-18(20,21)13-26/h1-4H,5-13H2. The van der Waals surface area contributed by atoms with Crippen LogP contribution in [0.1, 0.15) is 12.0 Å². The van der Waals surface area contributed by atoms with Crippen LogP contribution >= 0.6 is 23.1 Å². The maximum atomic E-state index is 13.4. The number of rotatable bonds is 5. The first-order chi connectivity index (χ1) is 13.0. The van der Waals surface area contributed by atoms with Crippen LogP contribution in [0.15, 0.2) is 24.3 Å². The minimum atomic E-state index is -2.62. The van der Waals surface area contributed by atoms with Gasteiger partial charge in [-0.25, -0.2) is 8.78 Å². The van der Waals surface area contributed by atoms with Gasteiger partial charge in [-0.3, -0.25) is 4.90 Å². The zero-order valence-electron chi connectivity index (χ0n) is 15.0. The average molecular weight is 414 g/mol. The molecule has 3 heterocycles. The molecule has 0 bridgehead atoms. The molecule has 0 radical (unpaired) electrons. The highest BCUT2D eigenvalue weighted by atomic mass is 35.5. The Bertz CT molecular complexity index is 761. The van der Waals surface area contributed by atoms with Gasteiger partial charge < -0.3 is 9.80 Å². The van der Waals surface area contributed by atoms with Gasteiger partial charge in [-0.1, -0.05) is 23.7 Å². The summed E-state index contributed by atoms with van der Waals surface area (Å²) in [6, 6.07) is 8.00. The number of hydrogen-bond donors (Lipinski definition) is 0. The Balaban J connectivity index is 1.26. The maximum Gasteiger partial charge on any atom is 0.267 e. The fraction of sp³-hybridized carbons (Fsp3) is 0.556. The smallest absolute Gasteiger partial charge is 0.267 e. The van der Waals surface area contributed by atoms with Crippen molar-refractivity contribution in [2.45, 2.75) is 18.8 Å². The number of aromatic nitrogens is 2. The minimum Gasteiger partial charge on any atom is -0.344 e. The summed E-state index contributed by atoms with van der Waals surface area (Å²) >= 11 is 7.23. The Kier molecular flexibility index (Phi) is 5.48. The topological polar surface area (TPSA) is 35.5 Å². The Morgan fingerprint density at radius 2 is 1.78 bits per heavy atom. The van der Waals surface area contributed by atoms with Gasteiger partial charge in [0.15, 0.2) is 0 Å². The number of alkyl halides is 2. The molecule has 0 saturated carbocycles. The van der Waals surface area contributed by atoms with E-state index in [-0.39, 0.29) is 13.0 Å². The van der Waals surface area contributed by atoms with E-state index in [9.17, 15) is 8.78 Å². The third-order valence-electron chi connectivity index (χ3n) is 5.13. The van der Waals surface area contributed by atoms with E-state index in [0.717, 1.165) is 49.3 Å². The molecule has 27 heavy (non-hydrogen) atoms. The van der Waals surface area contributed by atoms with Crippen LogP contribution in [0.4, 0.5) is 19.9 Å². The lowest BCUT2D eigenvalue weighted by atomic mass is 10.1. The summed E-state index contributed by atoms with van der Waals surface area (Å²) in [6.45, 7) is 4.74. The predicted molar refractivity (Wildman–Crippen MR) is 105 cm³/mol. The summed E-state index contributed by atoms with van der Waals surface area (Å²) in [6.07, 6.45) is 0.886. The van der Waals surface area contributed by atoms with Crippen molar-refractivity contribution in [2.75, 3.05) is 55.6 Å². The van der Waals surface area contributed by atoms with Crippen LogP contribution in [-0.4, -0.2) is 66.0 Å². The summed E-state index contributed by atoms with van der Waals surface area (Å²) in [7, 11) is 0. The third-order valence-corrected chi connectivity index (χ3v) is 6.15. The average Bonchev–Trinajstić information content (AvgIpc) is 3.28. The van der Waals surface area contributed by atoms with Crippen molar-refractivity contribution < 1.29 is 8.78 Å². The van der Waals surface area contributed by atoms with Gasteiger partial charge >= 0.3 is 0 Å². The molecule has 5 nitrogen and oxygen atoms in total. The highest BCUT2D eigenvalue weighted by Crippen LogP contribution is 2.31. The molecule has 4 rings (SSSR count). The van der Waals surface area contributed by atoms with Crippen molar-refractivity contribution >= 4 is 34.2 Å². The molecule has 0 unspecified atom stereocenters. The third kappa shape index (κ3) is 4.67. The van der Waals surface area contributed by atoms with E-state index in [1.54, 1.807) is 4.90 Å². The molecular formula is C18H22ClF2N5S. The molecule has 2 aliphatic heterocycles. The van der Waals surface area contributed by atoms with Gasteiger partial charge in [-0.2, -0.15) is 9.36 Å². The zero-order chi connectivity index (χ0) is 18.9. The number of hydrogen-bond acceptors (Lipinski definition) is 6. The van der Waals surface area contributed by atoms with E-state index in [1.165, 1.54) is 17.1 Å². The first-order valence-corrected chi connectivity index (χ1v) is 10.3. The lowest BCUT2D eigenvalue weighted by Crippen LogP contribution is -2.47. The Hall–Kier alpha value is -1.51. The number of anilines is 2. The fourth-order valence-corrected chi connectivity index (χ4v) is 4.34. The van der Waals surface area contributed by atoms with Crippen molar-refractivity contribution in [1.29, 1.82) is 0 Å². The molecule has 2 saturated heterocycles. The molecule has 146 valence electrons. The van der Waals surface area contributed by atoms with Crippen LogP contribution in [0.3, 0.4) is 0 Å². The Labute approximate surface area is 166 Å². The Morgan fingerprint density at radius 1 is 1.04 bits per heavy atom. The molecule has 2 fully saturated rings. The van der Waals surface area contributed by atoms with Gasteiger partial charge in [-0.05, 0) is 24.1 Å². The van der Waals surface area contributed by atoms with Crippen LogP contribution < -0.4 is 9.80 Å². The molecule has 1 aromatic heterocycles. The van der Waals surface area contributed by atoms with Crippen molar-refractivity contribution in [1.82, 2.24) is 14.3 Å². The summed E-state index contributed by atoms with van der Waals surface area (Å²) in [4.78, 5) is 10.7. The highest BCUT2D eigenvalue weighted by molar-refractivity contribution is 7.09. The first-order valence-electron chi connectivity index (χ1n) is 9.17. The van der Waals surface area contributed by atoms with Crippen LogP contribution in [0, 0.1) is 0 Å². The van der Waals surface area contributed by atoms with Gasteiger partial charge in [0.1, 0.15) is 0 Å². The summed E-state index contributed by atoms with van der Waals surface area (Å²) in [5.41, 5.74) is 1.29. The van der Waals surface area contributed by atoms with Gasteiger partial charge in [0.2, 0.25) is 11.1 Å². The van der Waals surface area contributed by atoms with E-state index < -0.39 is 5.92 Å². The van der Waals surface area contributed by atoms with Crippen molar-refractivity contribution in [2.24, 2.45) is 0 Å². The van der Waals surface area contributed by atoms with Crippen molar-refractivity contribution in [3.63, 3.8) is 0 Å². The second-order valence-electron chi connectivity index (χ2n) is 7.11. The number of nitrogens with zero attached hydrogens (tertiary/aromatic N) is 5. The Morgan fingerprint density at radius 3 is 2.44 bits per heavy atom. The molecule has 0 N–H and O–H groups in total. The molecule has 2 aliphatic rings. The molecule has 0 atom stereocenters. The minimum absolute atomic E-state index is 0.117. The molecule has 9 heteroatoms. The molecular weight excluding hydrogens is 392 g/mol. The largest absolute Gasteiger partial charge is 0.344 e. The van der Waals surface area contributed by atoms with Gasteiger partial charge in [0.25, 0.3) is 5.92 Å². The second kappa shape index (κ2) is 7.85. The molecule has 0 amide bonds. The zero-order valence-corrected chi connectivity index (χ0v) is 16.5. The quantitative estimate of drug-likeness (QED) is 0.750. The lowest BCUT2D eigenvalue weighted by Gasteiger charge is -2.34. The number of halogens is 3. The van der Waals surface area contributed by atoms with Crippen LogP contribution in [0.5, 0.6) is 0 Å². The lowest BCUT2D eigenvalue weighted by molar-refractivity contribution is 0.0256. The SMILES string of the molecule is FC1(F)CCN(c2nsc(N3CCN(CCc4ccc(Cl)cc4)CC3)n2)C1. The summed E-state index contributed by atoms with van der Waals surface area (Å²) in [5.74, 6) is -2.18. The molecule has 0 aliphatic carbocycles. The van der Waals surface area contributed by atoms with Crippen molar-refractivity contribution in [3.05, 3.63) is 34.9 Å². The highest BCUT2D eigenvalue weighted by Gasteiger charge is 2.39. The number of benzene rings is 1. The number of piperazine rings is 1. The normalized spacial score (nSPS) is 20.4. The fourth-order valence-electron chi connectivity index (χ4n) is 3.47. The molecule has 0 spiro atoms. The predicted octanol–water partition coefficient (Wildman–Crippen LogP) is 3.40. The van der Waals surface area contributed by atoms with Gasteiger partial charge in [0.05, 0.1) is 6.54 Å².